The van der Waals surface area contributed by atoms with Crippen molar-refractivity contribution in [3.63, 3.8) is 0 Å². The van der Waals surface area contributed by atoms with E-state index >= 15 is 0 Å². The molecule has 4 aliphatic rings. The monoisotopic (exact) mass is 343 g/mol. The van der Waals surface area contributed by atoms with Crippen LogP contribution < -0.4 is 10.9 Å². The van der Waals surface area contributed by atoms with E-state index in [1.165, 1.54) is 36.9 Å². The van der Waals surface area contributed by atoms with Gasteiger partial charge in [-0.25, -0.2) is 4.98 Å². The van der Waals surface area contributed by atoms with Crippen molar-refractivity contribution < 1.29 is 4.79 Å². The average Bonchev–Trinajstić information content (AvgIpc) is 2.96. The van der Waals surface area contributed by atoms with Crippen LogP contribution in [-0.2, 0) is 11.3 Å². The van der Waals surface area contributed by atoms with Gasteiger partial charge in [0.15, 0.2) is 0 Å². The number of aromatic amines is 1. The van der Waals surface area contributed by atoms with E-state index in [0.717, 1.165) is 46.7 Å². The fourth-order valence-corrected chi connectivity index (χ4v) is 6.68. The number of thiophene rings is 1. The number of nitrogens with one attached hydrogen (secondary N) is 2. The quantitative estimate of drug-likeness (QED) is 0.900. The van der Waals surface area contributed by atoms with Crippen molar-refractivity contribution in [3.05, 3.63) is 27.6 Å². The Kier molecular flexibility index (Phi) is 3.14. The van der Waals surface area contributed by atoms with Crippen LogP contribution in [0.1, 0.15) is 43.4 Å². The van der Waals surface area contributed by atoms with Crippen LogP contribution in [0.25, 0.3) is 10.2 Å². The number of carbonyl (C=O) groups excluding carboxylic acids is 1. The Morgan fingerprint density at radius 2 is 1.92 bits per heavy atom. The fourth-order valence-electron chi connectivity index (χ4n) is 5.75. The summed E-state index contributed by atoms with van der Waals surface area (Å²) in [5.41, 5.74) is -0.226. The minimum Gasteiger partial charge on any atom is -0.351 e. The summed E-state index contributed by atoms with van der Waals surface area (Å²) in [5.74, 6) is 2.55. The van der Waals surface area contributed by atoms with Gasteiger partial charge >= 0.3 is 0 Å². The van der Waals surface area contributed by atoms with E-state index in [2.05, 4.69) is 15.3 Å². The molecule has 4 aliphatic carbocycles. The van der Waals surface area contributed by atoms with E-state index in [-0.39, 0.29) is 16.9 Å². The van der Waals surface area contributed by atoms with Gasteiger partial charge in [-0.2, -0.15) is 0 Å². The Morgan fingerprint density at radius 3 is 2.54 bits per heavy atom. The first-order chi connectivity index (χ1) is 11.6. The van der Waals surface area contributed by atoms with E-state index < -0.39 is 0 Å². The summed E-state index contributed by atoms with van der Waals surface area (Å²) in [6, 6.07) is 1.85. The molecule has 2 aromatic rings. The summed E-state index contributed by atoms with van der Waals surface area (Å²) in [5, 5.41) is 3.78. The van der Waals surface area contributed by atoms with Gasteiger partial charge in [-0.05, 0) is 62.3 Å². The summed E-state index contributed by atoms with van der Waals surface area (Å²) in [7, 11) is 0. The normalized spacial score (nSPS) is 33.9. The summed E-state index contributed by atoms with van der Waals surface area (Å²) in [4.78, 5) is 33.3. The average molecular weight is 343 g/mol. The first-order valence-electron chi connectivity index (χ1n) is 8.86. The van der Waals surface area contributed by atoms with Gasteiger partial charge in [0.05, 0.1) is 18.3 Å². The molecule has 5 nitrogen and oxygen atoms in total. The van der Waals surface area contributed by atoms with Gasteiger partial charge in [-0.1, -0.05) is 0 Å². The molecule has 24 heavy (non-hydrogen) atoms. The number of carbonyl (C=O) groups is 1. The molecule has 0 spiro atoms. The van der Waals surface area contributed by atoms with Crippen molar-refractivity contribution in [3.8, 4) is 0 Å². The molecule has 0 aromatic carbocycles. The van der Waals surface area contributed by atoms with Crippen molar-refractivity contribution in [1.82, 2.24) is 15.3 Å². The van der Waals surface area contributed by atoms with Gasteiger partial charge in [0, 0.05) is 10.3 Å². The highest BCUT2D eigenvalue weighted by Crippen LogP contribution is 2.60. The van der Waals surface area contributed by atoms with Crippen LogP contribution in [0.4, 0.5) is 0 Å². The number of hydrogen-bond donors (Lipinski definition) is 2. The highest BCUT2D eigenvalue weighted by atomic mass is 32.1. The number of fused-ring (bicyclic) bond motifs is 1. The largest absolute Gasteiger partial charge is 0.351 e. The third-order valence-corrected chi connectivity index (χ3v) is 7.37. The second-order valence-corrected chi connectivity index (χ2v) is 9.16. The summed E-state index contributed by atoms with van der Waals surface area (Å²) >= 11 is 1.48. The molecule has 0 atom stereocenters. The van der Waals surface area contributed by atoms with Gasteiger partial charge in [-0.15, -0.1) is 11.3 Å². The Labute approximate surface area is 143 Å². The predicted octanol–water partition coefficient (Wildman–Crippen LogP) is 2.82. The van der Waals surface area contributed by atoms with Gasteiger partial charge in [0.2, 0.25) is 5.91 Å². The Hall–Kier alpha value is -1.69. The van der Waals surface area contributed by atoms with Gasteiger partial charge in [0.25, 0.3) is 5.56 Å². The van der Waals surface area contributed by atoms with E-state index in [4.69, 9.17) is 0 Å². The molecule has 126 valence electrons. The predicted molar refractivity (Wildman–Crippen MR) is 92.7 cm³/mol. The molecule has 4 saturated carbocycles. The van der Waals surface area contributed by atoms with Crippen LogP contribution in [0.15, 0.2) is 17.2 Å². The summed E-state index contributed by atoms with van der Waals surface area (Å²) in [6.45, 7) is 0.501. The zero-order valence-electron chi connectivity index (χ0n) is 13.5. The summed E-state index contributed by atoms with van der Waals surface area (Å²) < 4.78 is 0. The molecule has 0 aliphatic heterocycles. The third kappa shape index (κ3) is 2.23. The minimum absolute atomic E-state index is 0.110. The van der Waals surface area contributed by atoms with Crippen LogP contribution in [0.2, 0.25) is 0 Å². The maximum Gasteiger partial charge on any atom is 0.259 e. The molecule has 0 radical (unpaired) electrons. The van der Waals surface area contributed by atoms with Gasteiger partial charge in [0.1, 0.15) is 4.83 Å². The Bertz CT molecular complexity index is 833. The van der Waals surface area contributed by atoms with Crippen molar-refractivity contribution in [2.75, 3.05) is 0 Å². The van der Waals surface area contributed by atoms with E-state index in [0.29, 0.717) is 11.9 Å². The first-order valence-corrected chi connectivity index (χ1v) is 9.67. The zero-order chi connectivity index (χ0) is 16.3. The van der Waals surface area contributed by atoms with Crippen molar-refractivity contribution in [2.24, 2.45) is 23.2 Å². The first kappa shape index (κ1) is 14.6. The molecule has 1 amide bonds. The van der Waals surface area contributed by atoms with Crippen molar-refractivity contribution in [2.45, 2.75) is 45.1 Å². The lowest BCUT2D eigenvalue weighted by Crippen LogP contribution is -2.53. The van der Waals surface area contributed by atoms with E-state index in [1.54, 1.807) is 0 Å². The van der Waals surface area contributed by atoms with E-state index in [9.17, 15) is 9.59 Å². The van der Waals surface area contributed by atoms with Gasteiger partial charge in [-0.3, -0.25) is 9.59 Å². The number of hydrogen-bond acceptors (Lipinski definition) is 4. The second kappa shape index (κ2) is 5.15. The maximum atomic E-state index is 13.0. The molecule has 0 unspecified atom stereocenters. The smallest absolute Gasteiger partial charge is 0.259 e. The molecule has 2 N–H and O–H groups in total. The summed E-state index contributed by atoms with van der Waals surface area (Å²) in [6.07, 6.45) is 8.71. The van der Waals surface area contributed by atoms with Crippen molar-refractivity contribution in [1.29, 1.82) is 0 Å². The minimum atomic E-state index is -0.116. The molecule has 6 rings (SSSR count). The SMILES string of the molecule is O=C(NCc1cc2c(=O)[nH]cnc2s1)C12CC3CC(CC(C3)C1)C2. The lowest BCUT2D eigenvalue weighted by atomic mass is 9.49. The number of nitrogens with zero attached hydrogens (tertiary/aromatic N) is 1. The number of H-pyrrole nitrogens is 1. The Morgan fingerprint density at radius 1 is 1.25 bits per heavy atom. The Balaban J connectivity index is 1.33. The molecule has 2 aromatic heterocycles. The van der Waals surface area contributed by atoms with Crippen LogP contribution in [0.3, 0.4) is 0 Å². The highest BCUT2D eigenvalue weighted by Gasteiger charge is 2.54. The molecule has 2 heterocycles. The molecule has 4 bridgehead atoms. The van der Waals surface area contributed by atoms with Gasteiger partial charge < -0.3 is 10.3 Å². The lowest BCUT2D eigenvalue weighted by molar-refractivity contribution is -0.146. The third-order valence-electron chi connectivity index (χ3n) is 6.33. The number of rotatable bonds is 3. The molecular formula is C18H21N3O2S. The molecule has 6 heteroatoms. The van der Waals surface area contributed by atoms with Crippen LogP contribution >= 0.6 is 11.3 Å². The van der Waals surface area contributed by atoms with Crippen LogP contribution in [0.5, 0.6) is 0 Å². The van der Waals surface area contributed by atoms with E-state index in [1.807, 2.05) is 6.07 Å². The molecule has 4 fully saturated rings. The molecular weight excluding hydrogens is 322 g/mol. The molecule has 0 saturated heterocycles. The lowest BCUT2D eigenvalue weighted by Gasteiger charge is -2.55. The second-order valence-electron chi connectivity index (χ2n) is 8.04. The van der Waals surface area contributed by atoms with Crippen LogP contribution in [-0.4, -0.2) is 15.9 Å². The van der Waals surface area contributed by atoms with Crippen molar-refractivity contribution >= 4 is 27.5 Å². The van der Waals surface area contributed by atoms with Crippen LogP contribution in [0, 0.1) is 23.2 Å². The fraction of sp³-hybridized carbons (Fsp3) is 0.611. The highest BCUT2D eigenvalue weighted by molar-refractivity contribution is 7.18. The number of aromatic nitrogens is 2. The topological polar surface area (TPSA) is 74.8 Å². The standard InChI is InChI=1S/C18H21N3O2S/c22-15-14-4-13(24-16(14)21-9-20-15)8-19-17(23)18-5-10-1-11(6-18)3-12(2-10)7-18/h4,9-12H,1-3,5-8H2,(H,19,23)(H,20,21,22). The zero-order valence-corrected chi connectivity index (χ0v) is 14.3. The number of amides is 1. The maximum absolute atomic E-state index is 13.0.